The van der Waals surface area contributed by atoms with Gasteiger partial charge in [-0.25, -0.2) is 4.39 Å². The molecule has 20 heavy (non-hydrogen) atoms. The Morgan fingerprint density at radius 1 is 1.00 bits per heavy atom. The van der Waals surface area contributed by atoms with Crippen molar-refractivity contribution in [2.75, 3.05) is 7.05 Å². The molecule has 0 aliphatic carbocycles. The summed E-state index contributed by atoms with van der Waals surface area (Å²) in [5.74, 6) is -0.204. The highest BCUT2D eigenvalue weighted by Crippen LogP contribution is 2.31. The van der Waals surface area contributed by atoms with Gasteiger partial charge in [-0.3, -0.25) is 0 Å². The Labute approximate surface area is 128 Å². The third-order valence-corrected chi connectivity index (χ3v) is 4.39. The second kappa shape index (κ2) is 6.06. The number of hydrogen-bond acceptors (Lipinski definition) is 1. The maximum atomic E-state index is 14.3. The van der Waals surface area contributed by atoms with Crippen LogP contribution in [-0.4, -0.2) is 7.05 Å². The van der Waals surface area contributed by atoms with Gasteiger partial charge in [0.2, 0.25) is 0 Å². The SMILES string of the molecule is CNC(c1cc(C)c(C)cc1C)c1cccc(Br)c1F. The third kappa shape index (κ3) is 2.79. The van der Waals surface area contributed by atoms with Crippen LogP contribution in [0, 0.1) is 26.6 Å². The lowest BCUT2D eigenvalue weighted by Crippen LogP contribution is -2.20. The molecule has 0 bridgehead atoms. The number of aryl methyl sites for hydroxylation is 3. The van der Waals surface area contributed by atoms with Gasteiger partial charge in [0, 0.05) is 5.56 Å². The highest BCUT2D eigenvalue weighted by molar-refractivity contribution is 9.10. The Bertz CT molecular complexity index is 637. The lowest BCUT2D eigenvalue weighted by Gasteiger charge is -2.21. The van der Waals surface area contributed by atoms with Crippen LogP contribution in [-0.2, 0) is 0 Å². The molecule has 0 aromatic heterocycles. The molecular formula is C17H19BrFN. The van der Waals surface area contributed by atoms with Crippen molar-refractivity contribution in [1.82, 2.24) is 5.32 Å². The van der Waals surface area contributed by atoms with E-state index in [1.807, 2.05) is 19.2 Å². The molecule has 0 amide bonds. The van der Waals surface area contributed by atoms with Gasteiger partial charge in [0.25, 0.3) is 0 Å². The summed E-state index contributed by atoms with van der Waals surface area (Å²) in [4.78, 5) is 0. The molecule has 0 radical (unpaired) electrons. The van der Waals surface area contributed by atoms with E-state index < -0.39 is 0 Å². The lowest BCUT2D eigenvalue weighted by atomic mass is 9.91. The van der Waals surface area contributed by atoms with Gasteiger partial charge in [0.1, 0.15) is 5.82 Å². The minimum Gasteiger partial charge on any atom is -0.309 e. The van der Waals surface area contributed by atoms with Crippen LogP contribution >= 0.6 is 15.9 Å². The van der Waals surface area contributed by atoms with Gasteiger partial charge in [0.05, 0.1) is 10.5 Å². The molecule has 2 rings (SSSR count). The van der Waals surface area contributed by atoms with E-state index in [0.29, 0.717) is 10.0 Å². The summed E-state index contributed by atoms with van der Waals surface area (Å²) in [5.41, 5.74) is 5.43. The quantitative estimate of drug-likeness (QED) is 0.847. The molecular weight excluding hydrogens is 317 g/mol. The number of nitrogens with one attached hydrogen (secondary N) is 1. The van der Waals surface area contributed by atoms with E-state index >= 15 is 0 Å². The van der Waals surface area contributed by atoms with Crippen molar-refractivity contribution in [3.63, 3.8) is 0 Å². The summed E-state index contributed by atoms with van der Waals surface area (Å²) in [5, 5.41) is 3.23. The van der Waals surface area contributed by atoms with Gasteiger partial charge >= 0.3 is 0 Å². The number of hydrogen-bond donors (Lipinski definition) is 1. The first-order chi connectivity index (χ1) is 9.45. The van der Waals surface area contributed by atoms with Crippen molar-refractivity contribution in [3.05, 3.63) is 68.4 Å². The molecule has 0 aliphatic rings. The van der Waals surface area contributed by atoms with Gasteiger partial charge in [-0.2, -0.15) is 0 Å². The first kappa shape index (κ1) is 15.2. The van der Waals surface area contributed by atoms with Crippen LogP contribution in [0.4, 0.5) is 4.39 Å². The summed E-state index contributed by atoms with van der Waals surface area (Å²) in [7, 11) is 1.86. The first-order valence-electron chi connectivity index (χ1n) is 6.64. The van der Waals surface area contributed by atoms with E-state index in [0.717, 1.165) is 5.56 Å². The van der Waals surface area contributed by atoms with Gasteiger partial charge < -0.3 is 5.32 Å². The Hall–Kier alpha value is -1.19. The maximum absolute atomic E-state index is 14.3. The van der Waals surface area contributed by atoms with Crippen LogP contribution in [0.25, 0.3) is 0 Å². The molecule has 1 N–H and O–H groups in total. The van der Waals surface area contributed by atoms with Gasteiger partial charge in [-0.15, -0.1) is 0 Å². The van der Waals surface area contributed by atoms with Gasteiger partial charge in [-0.1, -0.05) is 24.3 Å². The molecule has 0 fully saturated rings. The summed E-state index contributed by atoms with van der Waals surface area (Å²) < 4.78 is 14.8. The lowest BCUT2D eigenvalue weighted by molar-refractivity contribution is 0.570. The zero-order valence-corrected chi connectivity index (χ0v) is 13.8. The van der Waals surface area contributed by atoms with E-state index in [4.69, 9.17) is 0 Å². The summed E-state index contributed by atoms with van der Waals surface area (Å²) in [6.07, 6.45) is 0. The van der Waals surface area contributed by atoms with Crippen LogP contribution in [0.2, 0.25) is 0 Å². The molecule has 3 heteroatoms. The summed E-state index contributed by atoms with van der Waals surface area (Å²) >= 11 is 3.26. The third-order valence-electron chi connectivity index (χ3n) is 3.77. The smallest absolute Gasteiger partial charge is 0.142 e. The van der Waals surface area contributed by atoms with Crippen LogP contribution in [0.1, 0.15) is 33.9 Å². The predicted molar refractivity (Wildman–Crippen MR) is 85.7 cm³/mol. The fourth-order valence-corrected chi connectivity index (χ4v) is 2.90. The summed E-state index contributed by atoms with van der Waals surface area (Å²) in [6, 6.07) is 9.57. The van der Waals surface area contributed by atoms with Crippen LogP contribution < -0.4 is 5.32 Å². The molecule has 1 unspecified atom stereocenters. The van der Waals surface area contributed by atoms with E-state index in [2.05, 4.69) is 54.2 Å². The van der Waals surface area contributed by atoms with E-state index in [9.17, 15) is 4.39 Å². The largest absolute Gasteiger partial charge is 0.309 e. The average molecular weight is 336 g/mol. The fraction of sp³-hybridized carbons (Fsp3) is 0.294. The van der Waals surface area contributed by atoms with Gasteiger partial charge in [0.15, 0.2) is 0 Å². The second-order valence-electron chi connectivity index (χ2n) is 5.16. The standard InChI is InChI=1S/C17H19BrFN/c1-10-8-12(3)14(9-11(10)2)17(20-4)13-6-5-7-15(18)16(13)19/h5-9,17,20H,1-4H3. The minimum atomic E-state index is -0.204. The molecule has 1 atom stereocenters. The van der Waals surface area contributed by atoms with Crippen molar-refractivity contribution in [1.29, 1.82) is 0 Å². The highest BCUT2D eigenvalue weighted by Gasteiger charge is 2.19. The fourth-order valence-electron chi connectivity index (χ4n) is 2.52. The zero-order chi connectivity index (χ0) is 14.9. The maximum Gasteiger partial charge on any atom is 0.142 e. The summed E-state index contributed by atoms with van der Waals surface area (Å²) in [6.45, 7) is 6.25. The Morgan fingerprint density at radius 3 is 2.30 bits per heavy atom. The minimum absolute atomic E-state index is 0.146. The Balaban J connectivity index is 2.58. The molecule has 0 heterocycles. The van der Waals surface area contributed by atoms with E-state index in [1.165, 1.54) is 16.7 Å². The molecule has 0 saturated heterocycles. The average Bonchev–Trinajstić information content (AvgIpc) is 2.41. The monoisotopic (exact) mass is 335 g/mol. The zero-order valence-electron chi connectivity index (χ0n) is 12.2. The van der Waals surface area contributed by atoms with Crippen molar-refractivity contribution in [2.24, 2.45) is 0 Å². The highest BCUT2D eigenvalue weighted by atomic mass is 79.9. The molecule has 106 valence electrons. The topological polar surface area (TPSA) is 12.0 Å². The van der Waals surface area contributed by atoms with E-state index in [1.54, 1.807) is 6.07 Å². The van der Waals surface area contributed by atoms with E-state index in [-0.39, 0.29) is 11.9 Å². The molecule has 0 aliphatic heterocycles. The Kier molecular flexibility index (Phi) is 4.61. The van der Waals surface area contributed by atoms with Crippen molar-refractivity contribution in [2.45, 2.75) is 26.8 Å². The van der Waals surface area contributed by atoms with Gasteiger partial charge in [-0.05, 0) is 72.1 Å². The van der Waals surface area contributed by atoms with Crippen LogP contribution in [0.3, 0.4) is 0 Å². The normalized spacial score (nSPS) is 12.5. The van der Waals surface area contributed by atoms with Crippen molar-refractivity contribution in [3.8, 4) is 0 Å². The number of halogens is 2. The van der Waals surface area contributed by atoms with Crippen LogP contribution in [0.5, 0.6) is 0 Å². The molecule has 2 aromatic carbocycles. The Morgan fingerprint density at radius 2 is 1.65 bits per heavy atom. The molecule has 1 nitrogen and oxygen atoms in total. The predicted octanol–water partition coefficient (Wildman–Crippen LogP) is 4.82. The second-order valence-corrected chi connectivity index (χ2v) is 6.01. The molecule has 2 aromatic rings. The van der Waals surface area contributed by atoms with Crippen molar-refractivity contribution >= 4 is 15.9 Å². The number of rotatable bonds is 3. The first-order valence-corrected chi connectivity index (χ1v) is 7.44. The molecule has 0 spiro atoms. The molecule has 0 saturated carbocycles. The number of benzene rings is 2. The van der Waals surface area contributed by atoms with Crippen molar-refractivity contribution < 1.29 is 4.39 Å². The van der Waals surface area contributed by atoms with Crippen LogP contribution in [0.15, 0.2) is 34.8 Å².